The molecule has 0 radical (unpaired) electrons. The van der Waals surface area contributed by atoms with Crippen molar-refractivity contribution in [3.63, 3.8) is 0 Å². The molecule has 6 rings (SSSR count). The molecule has 3 saturated heterocycles. The van der Waals surface area contributed by atoms with Gasteiger partial charge in [0.2, 0.25) is 0 Å². The van der Waals surface area contributed by atoms with E-state index in [2.05, 4.69) is 55.5 Å². The molecular formula is C41H58N4O8. The molecule has 5 aliphatic heterocycles. The maximum absolute atomic E-state index is 13.8. The van der Waals surface area contributed by atoms with Crippen LogP contribution < -0.4 is 21.3 Å². The molecular weight excluding hydrogens is 676 g/mol. The summed E-state index contributed by atoms with van der Waals surface area (Å²) in [6, 6.07) is -0.162. The minimum atomic E-state index is -0.880. The fraction of sp³-hybridized carbons (Fsp3) is 0.659. The number of nitrogens with one attached hydrogen (secondary N) is 4. The molecule has 10 unspecified atom stereocenters. The minimum absolute atomic E-state index is 0.00126. The first-order chi connectivity index (χ1) is 25.3. The van der Waals surface area contributed by atoms with Gasteiger partial charge in [0.1, 0.15) is 0 Å². The van der Waals surface area contributed by atoms with Crippen LogP contribution in [0, 0.1) is 23.2 Å². The molecule has 0 aromatic rings. The molecule has 5 N–H and O–H groups in total. The van der Waals surface area contributed by atoms with Gasteiger partial charge in [-0.2, -0.15) is 0 Å². The Balaban J connectivity index is 1.44. The molecule has 8 bridgehead atoms. The Labute approximate surface area is 313 Å². The summed E-state index contributed by atoms with van der Waals surface area (Å²) in [6.07, 6.45) is 10.1. The van der Waals surface area contributed by atoms with E-state index in [-0.39, 0.29) is 78.1 Å². The second-order valence-corrected chi connectivity index (χ2v) is 16.2. The Morgan fingerprint density at radius 1 is 0.849 bits per heavy atom. The van der Waals surface area contributed by atoms with E-state index in [0.717, 1.165) is 24.8 Å². The van der Waals surface area contributed by atoms with Gasteiger partial charge in [-0.3, -0.25) is 14.4 Å². The molecule has 5 heterocycles. The summed E-state index contributed by atoms with van der Waals surface area (Å²) in [5, 5.41) is 25.6. The van der Waals surface area contributed by atoms with Crippen molar-refractivity contribution >= 4 is 23.9 Å². The molecule has 1 aliphatic carbocycles. The van der Waals surface area contributed by atoms with E-state index in [1.807, 2.05) is 12.2 Å². The zero-order chi connectivity index (χ0) is 38.4. The summed E-state index contributed by atoms with van der Waals surface area (Å²) in [4.78, 5) is 51.3. The molecule has 12 atom stereocenters. The summed E-state index contributed by atoms with van der Waals surface area (Å²) in [5.74, 6) is -2.76. The number of fused-ring (bicyclic) bond motifs is 11. The van der Waals surface area contributed by atoms with Crippen LogP contribution in [0.4, 0.5) is 0 Å². The molecule has 290 valence electrons. The van der Waals surface area contributed by atoms with E-state index in [1.54, 1.807) is 6.08 Å². The number of carbonyl (C=O) groups is 4. The summed E-state index contributed by atoms with van der Waals surface area (Å²) in [7, 11) is 4.11. The van der Waals surface area contributed by atoms with Crippen LogP contribution in [0.5, 0.6) is 0 Å². The zero-order valence-corrected chi connectivity index (χ0v) is 32.3. The fourth-order valence-corrected chi connectivity index (χ4v) is 10.9. The molecule has 0 spiro atoms. The van der Waals surface area contributed by atoms with Gasteiger partial charge in [0.25, 0.3) is 0 Å². The van der Waals surface area contributed by atoms with E-state index >= 15 is 0 Å². The number of ether oxygens (including phenoxy) is 3. The van der Waals surface area contributed by atoms with Crippen molar-refractivity contribution in [2.24, 2.45) is 23.2 Å². The highest BCUT2D eigenvalue weighted by molar-refractivity contribution is 5.97. The number of methoxy groups -OCH3 is 3. The Bertz CT molecular complexity index is 1650. The zero-order valence-electron chi connectivity index (χ0n) is 32.3. The largest absolute Gasteiger partial charge is 0.481 e. The first kappa shape index (κ1) is 39.1. The van der Waals surface area contributed by atoms with Crippen molar-refractivity contribution in [2.75, 3.05) is 21.3 Å². The lowest BCUT2D eigenvalue weighted by molar-refractivity contribution is -0.151. The summed E-state index contributed by atoms with van der Waals surface area (Å²) in [5.41, 5.74) is 5.44. The molecule has 12 nitrogen and oxygen atoms in total. The Morgan fingerprint density at radius 3 is 2.21 bits per heavy atom. The number of rotatable bonds is 9. The van der Waals surface area contributed by atoms with Crippen LogP contribution in [0.1, 0.15) is 79.1 Å². The number of hydrogen-bond donors (Lipinski definition) is 5. The van der Waals surface area contributed by atoms with Crippen molar-refractivity contribution in [2.45, 2.75) is 127 Å². The summed E-state index contributed by atoms with van der Waals surface area (Å²) in [6.45, 7) is 12.9. The van der Waals surface area contributed by atoms with E-state index in [4.69, 9.17) is 14.2 Å². The molecule has 0 saturated carbocycles. The molecule has 0 amide bonds. The lowest BCUT2D eigenvalue weighted by Crippen LogP contribution is -2.50. The van der Waals surface area contributed by atoms with Crippen molar-refractivity contribution in [1.82, 2.24) is 21.3 Å². The van der Waals surface area contributed by atoms with Crippen molar-refractivity contribution in [3.05, 3.63) is 58.2 Å². The number of aliphatic carboxylic acids is 1. The standard InChI is InChI=1S/C41H58N4O8/c1-9-23-20(2)29-17-34-27-13-10-26(39(49)52-7)38(40(50)53-8)41(27,5)35(45-34)19-30-22(4)24(11-14-36(46)47)32(44-30)18-33-25(12-15-37(48)51-6)21(3)28(43-33)16-31(23)42-29/h9-10,13,22,24,28-35,38,42-45H,1,11-12,14-19H2,2-8H3,(H,46,47)/t22?,24?,28?,29?,30?,31?,32?,33?,34?,35?,38-,41+/m0/s1. The summed E-state index contributed by atoms with van der Waals surface area (Å²) >= 11 is 0. The normalized spacial score (nSPS) is 37.8. The number of carboxylic acids is 1. The predicted octanol–water partition coefficient (Wildman–Crippen LogP) is 3.65. The lowest BCUT2D eigenvalue weighted by atomic mass is 9.61. The Morgan fingerprint density at radius 2 is 1.55 bits per heavy atom. The second kappa shape index (κ2) is 15.6. The van der Waals surface area contributed by atoms with Crippen LogP contribution in [0.25, 0.3) is 0 Å². The average molecular weight is 735 g/mol. The molecule has 3 fully saturated rings. The van der Waals surface area contributed by atoms with E-state index in [1.165, 1.54) is 43.6 Å². The van der Waals surface area contributed by atoms with Crippen molar-refractivity contribution in [1.29, 1.82) is 0 Å². The van der Waals surface area contributed by atoms with Crippen molar-refractivity contribution < 1.29 is 38.5 Å². The SMILES string of the molecule is C=CC1=C(C)C2CC3NC(CC4NC(CC5NC(CC1N2)C(C)=C5CCC(=O)OC)C(CCC(=O)O)C4C)[C@@]1(C)C3=CC=C(C(=O)OC)[C@H]1C(=O)OC. The minimum Gasteiger partial charge on any atom is -0.481 e. The van der Waals surface area contributed by atoms with Crippen molar-refractivity contribution in [3.8, 4) is 0 Å². The second-order valence-electron chi connectivity index (χ2n) is 16.2. The van der Waals surface area contributed by atoms with Crippen LogP contribution in [0.3, 0.4) is 0 Å². The quantitative estimate of drug-likeness (QED) is 0.133. The van der Waals surface area contributed by atoms with Gasteiger partial charge in [-0.25, -0.2) is 4.79 Å². The first-order valence-electron chi connectivity index (χ1n) is 19.2. The summed E-state index contributed by atoms with van der Waals surface area (Å²) < 4.78 is 15.6. The average Bonchev–Trinajstić information content (AvgIpc) is 3.79. The molecule has 53 heavy (non-hydrogen) atoms. The number of allylic oxidation sites excluding steroid dienone is 2. The maximum atomic E-state index is 13.8. The number of carbonyl (C=O) groups excluding carboxylic acids is 3. The van der Waals surface area contributed by atoms with Gasteiger partial charge < -0.3 is 40.6 Å². The van der Waals surface area contributed by atoms with E-state index in [0.29, 0.717) is 25.7 Å². The smallest absolute Gasteiger partial charge is 0.334 e. The fourth-order valence-electron chi connectivity index (χ4n) is 10.9. The van der Waals surface area contributed by atoms with Gasteiger partial charge in [-0.15, -0.1) is 0 Å². The maximum Gasteiger partial charge on any atom is 0.334 e. The highest BCUT2D eigenvalue weighted by Crippen LogP contribution is 2.54. The third-order valence-electron chi connectivity index (χ3n) is 13.9. The monoisotopic (exact) mass is 734 g/mol. The predicted molar refractivity (Wildman–Crippen MR) is 199 cm³/mol. The van der Waals surface area contributed by atoms with Gasteiger partial charge in [0.15, 0.2) is 0 Å². The van der Waals surface area contributed by atoms with Crippen LogP contribution in [-0.4, -0.2) is 98.6 Å². The van der Waals surface area contributed by atoms with E-state index in [9.17, 15) is 24.3 Å². The van der Waals surface area contributed by atoms with Crippen LogP contribution in [0.15, 0.2) is 58.2 Å². The number of esters is 3. The molecule has 6 aliphatic rings. The van der Waals surface area contributed by atoms with Crippen LogP contribution >= 0.6 is 0 Å². The van der Waals surface area contributed by atoms with Gasteiger partial charge in [-0.05, 0) is 75.4 Å². The van der Waals surface area contributed by atoms with E-state index < -0.39 is 29.2 Å². The number of carboxylic acid groups (broad SMARTS) is 1. The highest BCUT2D eigenvalue weighted by Gasteiger charge is 2.60. The van der Waals surface area contributed by atoms with Gasteiger partial charge >= 0.3 is 23.9 Å². The third kappa shape index (κ3) is 7.08. The third-order valence-corrected chi connectivity index (χ3v) is 13.9. The van der Waals surface area contributed by atoms with Gasteiger partial charge in [0, 0.05) is 66.6 Å². The molecule has 0 aromatic carbocycles. The Hall–Kier alpha value is -3.58. The lowest BCUT2D eigenvalue weighted by Gasteiger charge is -2.42. The topological polar surface area (TPSA) is 164 Å². The molecule has 12 heteroatoms. The van der Waals surface area contributed by atoms with Gasteiger partial charge in [-0.1, -0.05) is 55.4 Å². The van der Waals surface area contributed by atoms with Crippen LogP contribution in [-0.2, 0) is 33.4 Å². The highest BCUT2D eigenvalue weighted by atomic mass is 16.5. The van der Waals surface area contributed by atoms with Crippen LogP contribution in [0.2, 0.25) is 0 Å². The Kier molecular flexibility index (Phi) is 11.5. The molecule has 0 aromatic heterocycles. The number of hydrogen-bond acceptors (Lipinski definition) is 11. The van der Waals surface area contributed by atoms with Gasteiger partial charge in [0.05, 0.1) is 32.8 Å². The first-order valence-corrected chi connectivity index (χ1v) is 19.2.